The van der Waals surface area contributed by atoms with Gasteiger partial charge in [-0.1, -0.05) is 28.9 Å². The second-order valence-corrected chi connectivity index (χ2v) is 4.96. The van der Waals surface area contributed by atoms with E-state index in [0.29, 0.717) is 5.56 Å². The second kappa shape index (κ2) is 7.41. The number of hydrogen-bond donors (Lipinski definition) is 0. The Kier molecular flexibility index (Phi) is 6.19. The summed E-state index contributed by atoms with van der Waals surface area (Å²) in [5.41, 5.74) is 1.73. The number of rotatable bonds is 6. The summed E-state index contributed by atoms with van der Waals surface area (Å²) in [6, 6.07) is 5.59. The first kappa shape index (κ1) is 15.0. The van der Waals surface area contributed by atoms with Crippen LogP contribution in [-0.4, -0.2) is 36.3 Å². The molecule has 0 N–H and O–H groups in total. The van der Waals surface area contributed by atoms with Crippen LogP contribution in [0, 0.1) is 6.92 Å². The molecule has 1 amide bonds. The molecule has 0 aliphatic heterocycles. The normalized spacial score (nSPS) is 10.2. The maximum Gasteiger partial charge on any atom is 0.254 e. The number of methoxy groups -OCH3 is 1. The van der Waals surface area contributed by atoms with Crippen LogP contribution in [0.2, 0.25) is 0 Å². The van der Waals surface area contributed by atoms with Crippen molar-refractivity contribution in [1.29, 1.82) is 0 Å². The van der Waals surface area contributed by atoms with Crippen molar-refractivity contribution in [1.82, 2.24) is 4.90 Å². The van der Waals surface area contributed by atoms with Crippen LogP contribution in [0.1, 0.15) is 29.3 Å². The molecule has 0 heterocycles. The van der Waals surface area contributed by atoms with Crippen LogP contribution < -0.4 is 4.74 Å². The average molecular weight is 314 g/mol. The fraction of sp³-hybridized carbons (Fsp3) is 0.500. The number of benzene rings is 1. The van der Waals surface area contributed by atoms with Crippen LogP contribution in [0.5, 0.6) is 5.75 Å². The summed E-state index contributed by atoms with van der Waals surface area (Å²) in [4.78, 5) is 14.2. The zero-order chi connectivity index (χ0) is 13.5. The monoisotopic (exact) mass is 313 g/mol. The summed E-state index contributed by atoms with van der Waals surface area (Å²) in [5, 5.41) is 0.793. The Labute approximate surface area is 117 Å². The Balaban J connectivity index is 2.93. The summed E-state index contributed by atoms with van der Waals surface area (Å²) in [5.74, 6) is 0.825. The molecule has 4 heteroatoms. The number of alkyl halides is 1. The lowest BCUT2D eigenvalue weighted by Gasteiger charge is -2.21. The lowest BCUT2D eigenvalue weighted by atomic mass is 10.1. The van der Waals surface area contributed by atoms with Gasteiger partial charge in [0.1, 0.15) is 5.75 Å². The third kappa shape index (κ3) is 3.73. The van der Waals surface area contributed by atoms with Gasteiger partial charge in [-0.15, -0.1) is 0 Å². The number of carbonyl (C=O) groups is 1. The Hall–Kier alpha value is -1.03. The van der Waals surface area contributed by atoms with Gasteiger partial charge in [-0.3, -0.25) is 4.79 Å². The fourth-order valence-corrected chi connectivity index (χ4v) is 2.25. The van der Waals surface area contributed by atoms with Crippen LogP contribution in [0.3, 0.4) is 0 Å². The van der Waals surface area contributed by atoms with Crippen LogP contribution in [0.15, 0.2) is 18.2 Å². The minimum Gasteiger partial charge on any atom is -0.496 e. The van der Waals surface area contributed by atoms with E-state index in [4.69, 9.17) is 4.74 Å². The average Bonchev–Trinajstić information content (AvgIpc) is 2.38. The van der Waals surface area contributed by atoms with Crippen molar-refractivity contribution in [3.8, 4) is 5.75 Å². The maximum atomic E-state index is 12.4. The number of carbonyl (C=O) groups excluding carboxylic acids is 1. The van der Waals surface area contributed by atoms with Crippen molar-refractivity contribution >= 4 is 21.8 Å². The SMILES string of the molecule is CCCN(CCBr)C(=O)c1ccc(C)c(OC)c1. The van der Waals surface area contributed by atoms with Crippen LogP contribution in [0.25, 0.3) is 0 Å². The predicted octanol–water partition coefficient (Wildman–Crippen LogP) is 3.25. The van der Waals surface area contributed by atoms with E-state index in [2.05, 4.69) is 22.9 Å². The molecule has 0 saturated carbocycles. The third-order valence-corrected chi connectivity index (χ3v) is 3.14. The summed E-state index contributed by atoms with van der Waals surface area (Å²) >= 11 is 3.38. The van der Waals surface area contributed by atoms with Crippen molar-refractivity contribution in [2.45, 2.75) is 20.3 Å². The van der Waals surface area contributed by atoms with Gasteiger partial charge in [0, 0.05) is 24.0 Å². The fourth-order valence-electron chi connectivity index (χ4n) is 1.82. The van der Waals surface area contributed by atoms with Gasteiger partial charge in [-0.2, -0.15) is 0 Å². The number of halogens is 1. The smallest absolute Gasteiger partial charge is 0.254 e. The quantitative estimate of drug-likeness (QED) is 0.754. The van der Waals surface area contributed by atoms with Crippen LogP contribution >= 0.6 is 15.9 Å². The standard InChI is InChI=1S/C14H20BrNO2/c1-4-8-16(9-7-15)14(17)12-6-5-11(2)13(10-12)18-3/h5-6,10H,4,7-9H2,1-3H3. The Morgan fingerprint density at radius 2 is 2.11 bits per heavy atom. The zero-order valence-corrected chi connectivity index (χ0v) is 12.8. The van der Waals surface area contributed by atoms with Crippen molar-refractivity contribution in [3.05, 3.63) is 29.3 Å². The molecule has 0 atom stereocenters. The van der Waals surface area contributed by atoms with Crippen molar-refractivity contribution < 1.29 is 9.53 Å². The van der Waals surface area contributed by atoms with Gasteiger partial charge in [0.2, 0.25) is 0 Å². The largest absolute Gasteiger partial charge is 0.496 e. The van der Waals surface area contributed by atoms with E-state index >= 15 is 0 Å². The molecule has 0 aliphatic rings. The molecule has 100 valence electrons. The van der Waals surface area contributed by atoms with E-state index in [9.17, 15) is 4.79 Å². The second-order valence-electron chi connectivity index (χ2n) is 4.17. The van der Waals surface area contributed by atoms with Crippen molar-refractivity contribution in [3.63, 3.8) is 0 Å². The van der Waals surface area contributed by atoms with Crippen molar-refractivity contribution in [2.75, 3.05) is 25.5 Å². The topological polar surface area (TPSA) is 29.5 Å². The first-order chi connectivity index (χ1) is 8.63. The van der Waals surface area contributed by atoms with Gasteiger partial charge in [-0.05, 0) is 31.0 Å². The van der Waals surface area contributed by atoms with Gasteiger partial charge in [0.05, 0.1) is 7.11 Å². The van der Waals surface area contributed by atoms with E-state index in [1.165, 1.54) is 0 Å². The highest BCUT2D eigenvalue weighted by molar-refractivity contribution is 9.09. The summed E-state index contributed by atoms with van der Waals surface area (Å²) in [7, 11) is 1.62. The molecule has 0 radical (unpaired) electrons. The van der Waals surface area contributed by atoms with E-state index in [0.717, 1.165) is 36.2 Å². The Morgan fingerprint density at radius 1 is 1.39 bits per heavy atom. The summed E-state index contributed by atoms with van der Waals surface area (Å²) in [6.07, 6.45) is 0.960. The van der Waals surface area contributed by atoms with Gasteiger partial charge in [-0.25, -0.2) is 0 Å². The minimum atomic E-state index is 0.0644. The van der Waals surface area contributed by atoms with Crippen molar-refractivity contribution in [2.24, 2.45) is 0 Å². The van der Waals surface area contributed by atoms with Gasteiger partial charge < -0.3 is 9.64 Å². The molecule has 0 bridgehead atoms. The number of aryl methyl sites for hydroxylation is 1. The lowest BCUT2D eigenvalue weighted by Crippen LogP contribution is -2.33. The first-order valence-corrected chi connectivity index (χ1v) is 7.26. The molecule has 0 aliphatic carbocycles. The molecular formula is C14H20BrNO2. The molecule has 3 nitrogen and oxygen atoms in total. The van der Waals surface area contributed by atoms with Gasteiger partial charge >= 0.3 is 0 Å². The van der Waals surface area contributed by atoms with E-state index in [-0.39, 0.29) is 5.91 Å². The highest BCUT2D eigenvalue weighted by atomic mass is 79.9. The zero-order valence-electron chi connectivity index (χ0n) is 11.2. The summed E-state index contributed by atoms with van der Waals surface area (Å²) in [6.45, 7) is 5.54. The molecule has 0 fully saturated rings. The minimum absolute atomic E-state index is 0.0644. The number of ether oxygens (including phenoxy) is 1. The van der Waals surface area contributed by atoms with E-state index in [1.54, 1.807) is 7.11 Å². The highest BCUT2D eigenvalue weighted by Gasteiger charge is 2.15. The van der Waals surface area contributed by atoms with Crippen LogP contribution in [0.4, 0.5) is 0 Å². The molecule has 18 heavy (non-hydrogen) atoms. The van der Waals surface area contributed by atoms with Gasteiger partial charge in [0.15, 0.2) is 0 Å². The lowest BCUT2D eigenvalue weighted by molar-refractivity contribution is 0.0766. The number of nitrogens with zero attached hydrogens (tertiary/aromatic N) is 1. The third-order valence-electron chi connectivity index (χ3n) is 2.79. The highest BCUT2D eigenvalue weighted by Crippen LogP contribution is 2.20. The molecule has 1 rings (SSSR count). The first-order valence-electron chi connectivity index (χ1n) is 6.13. The number of hydrogen-bond acceptors (Lipinski definition) is 2. The molecule has 0 spiro atoms. The Morgan fingerprint density at radius 3 is 2.67 bits per heavy atom. The molecule has 0 unspecified atom stereocenters. The molecule has 1 aromatic rings. The summed E-state index contributed by atoms with van der Waals surface area (Å²) < 4.78 is 5.26. The Bertz CT molecular complexity index is 401. The van der Waals surface area contributed by atoms with Gasteiger partial charge in [0.25, 0.3) is 5.91 Å². The molecule has 1 aromatic carbocycles. The molecule has 0 aromatic heterocycles. The number of amides is 1. The molecular weight excluding hydrogens is 294 g/mol. The predicted molar refractivity (Wildman–Crippen MR) is 77.7 cm³/mol. The van der Waals surface area contributed by atoms with E-state index < -0.39 is 0 Å². The maximum absolute atomic E-state index is 12.4. The van der Waals surface area contributed by atoms with E-state index in [1.807, 2.05) is 30.0 Å². The van der Waals surface area contributed by atoms with Crippen LogP contribution in [-0.2, 0) is 0 Å². The molecule has 0 saturated heterocycles.